The van der Waals surface area contributed by atoms with Gasteiger partial charge in [0.2, 0.25) is 5.95 Å². The average Bonchev–Trinajstić information content (AvgIpc) is 2.61. The number of anilines is 1. The summed E-state index contributed by atoms with van der Waals surface area (Å²) in [4.78, 5) is 22.9. The van der Waals surface area contributed by atoms with Crippen LogP contribution >= 0.6 is 11.6 Å². The Morgan fingerprint density at radius 1 is 1.08 bits per heavy atom. The Hall–Kier alpha value is -2.66. The Kier molecular flexibility index (Phi) is 5.23. The summed E-state index contributed by atoms with van der Waals surface area (Å²) in [5, 5.41) is 3.91. The van der Waals surface area contributed by atoms with Crippen molar-refractivity contribution < 1.29 is 0 Å². The normalized spacial score (nSPS) is 10.5. The van der Waals surface area contributed by atoms with Crippen LogP contribution in [0, 0.1) is 0 Å². The van der Waals surface area contributed by atoms with E-state index in [1.54, 1.807) is 12.4 Å². The van der Waals surface area contributed by atoms with Gasteiger partial charge in [-0.1, -0.05) is 23.7 Å². The van der Waals surface area contributed by atoms with Crippen LogP contribution in [0.15, 0.2) is 59.7 Å². The van der Waals surface area contributed by atoms with Crippen LogP contribution in [0.4, 0.5) is 5.95 Å². The fourth-order valence-electron chi connectivity index (χ4n) is 2.36. The van der Waals surface area contributed by atoms with E-state index in [9.17, 15) is 4.79 Å². The number of hydrogen-bond acceptors (Lipinski definition) is 4. The summed E-state index contributed by atoms with van der Waals surface area (Å²) in [5.41, 5.74) is 2.53. The van der Waals surface area contributed by atoms with Crippen molar-refractivity contribution in [2.45, 2.75) is 12.8 Å². The predicted molar refractivity (Wildman–Crippen MR) is 96.4 cm³/mol. The number of nitrogens with zero attached hydrogens (tertiary/aromatic N) is 2. The smallest absolute Gasteiger partial charge is 0.252 e. The number of nitrogens with one attached hydrogen (secondary N) is 2. The quantitative estimate of drug-likeness (QED) is 0.673. The highest BCUT2D eigenvalue weighted by molar-refractivity contribution is 6.30. The third-order valence-corrected chi connectivity index (χ3v) is 3.82. The third kappa shape index (κ3) is 4.43. The molecule has 2 heterocycles. The first-order chi connectivity index (χ1) is 11.7. The molecule has 0 aliphatic carbocycles. The Labute approximate surface area is 144 Å². The van der Waals surface area contributed by atoms with E-state index in [2.05, 4.69) is 20.3 Å². The minimum atomic E-state index is -0.183. The molecular weight excluding hydrogens is 324 g/mol. The maximum atomic E-state index is 11.8. The van der Waals surface area contributed by atoms with E-state index in [0.29, 0.717) is 18.2 Å². The van der Waals surface area contributed by atoms with Crippen LogP contribution < -0.4 is 10.9 Å². The summed E-state index contributed by atoms with van der Waals surface area (Å²) in [6.07, 6.45) is 5.21. The van der Waals surface area contributed by atoms with Gasteiger partial charge < -0.3 is 5.32 Å². The van der Waals surface area contributed by atoms with Crippen molar-refractivity contribution in [3.05, 3.63) is 75.8 Å². The van der Waals surface area contributed by atoms with Gasteiger partial charge in [-0.3, -0.25) is 14.8 Å². The molecule has 0 bridgehead atoms. The lowest BCUT2D eigenvalue weighted by Crippen LogP contribution is -2.14. The Morgan fingerprint density at radius 3 is 2.58 bits per heavy atom. The molecule has 0 saturated carbocycles. The van der Waals surface area contributed by atoms with Crippen LogP contribution in [0.25, 0.3) is 11.3 Å². The molecular formula is C18H17ClN4O. The highest BCUT2D eigenvalue weighted by Crippen LogP contribution is 2.15. The Bertz CT molecular complexity index is 847. The molecule has 0 amide bonds. The highest BCUT2D eigenvalue weighted by Gasteiger charge is 2.03. The Morgan fingerprint density at radius 2 is 1.83 bits per heavy atom. The maximum Gasteiger partial charge on any atom is 0.252 e. The average molecular weight is 341 g/mol. The number of aromatic nitrogens is 3. The van der Waals surface area contributed by atoms with E-state index < -0.39 is 0 Å². The van der Waals surface area contributed by atoms with Crippen molar-refractivity contribution in [3.8, 4) is 11.3 Å². The van der Waals surface area contributed by atoms with Gasteiger partial charge in [0.05, 0.1) is 5.69 Å². The van der Waals surface area contributed by atoms with Crippen LogP contribution in [0.3, 0.4) is 0 Å². The molecule has 0 unspecified atom stereocenters. The van der Waals surface area contributed by atoms with Crippen LogP contribution in [-0.4, -0.2) is 21.5 Å². The molecule has 0 aliphatic rings. The van der Waals surface area contributed by atoms with Crippen molar-refractivity contribution in [2.75, 3.05) is 11.9 Å². The predicted octanol–water partition coefficient (Wildman–Crippen LogP) is 3.53. The monoisotopic (exact) mass is 340 g/mol. The molecule has 5 nitrogen and oxygen atoms in total. The summed E-state index contributed by atoms with van der Waals surface area (Å²) in [6, 6.07) is 13.0. The number of pyridine rings is 1. The lowest BCUT2D eigenvalue weighted by atomic mass is 10.1. The number of rotatable bonds is 6. The molecule has 0 radical (unpaired) electrons. The summed E-state index contributed by atoms with van der Waals surface area (Å²) in [5.74, 6) is 0.477. The number of hydrogen-bond donors (Lipinski definition) is 2. The lowest BCUT2D eigenvalue weighted by Gasteiger charge is -2.07. The fraction of sp³-hybridized carbons (Fsp3) is 0.167. The zero-order valence-corrected chi connectivity index (χ0v) is 13.8. The largest absolute Gasteiger partial charge is 0.356 e. The first-order valence-corrected chi connectivity index (χ1v) is 8.08. The summed E-state index contributed by atoms with van der Waals surface area (Å²) in [6.45, 7) is 0.714. The van der Waals surface area contributed by atoms with Gasteiger partial charge in [-0.15, -0.1) is 0 Å². The van der Waals surface area contributed by atoms with Crippen molar-refractivity contribution in [1.29, 1.82) is 0 Å². The van der Waals surface area contributed by atoms with Crippen molar-refractivity contribution in [3.63, 3.8) is 0 Å². The van der Waals surface area contributed by atoms with Gasteiger partial charge in [-0.2, -0.15) is 0 Å². The topological polar surface area (TPSA) is 70.7 Å². The number of H-pyrrole nitrogens is 1. The van der Waals surface area contributed by atoms with E-state index in [1.807, 2.05) is 36.4 Å². The second kappa shape index (κ2) is 7.75. The highest BCUT2D eigenvalue weighted by atomic mass is 35.5. The second-order valence-electron chi connectivity index (χ2n) is 5.37. The molecule has 0 aliphatic heterocycles. The van der Waals surface area contributed by atoms with Gasteiger partial charge >= 0.3 is 0 Å². The van der Waals surface area contributed by atoms with Crippen molar-refractivity contribution in [2.24, 2.45) is 0 Å². The van der Waals surface area contributed by atoms with Crippen molar-refractivity contribution >= 4 is 17.5 Å². The lowest BCUT2D eigenvalue weighted by molar-refractivity contribution is 0.852. The molecule has 24 heavy (non-hydrogen) atoms. The molecule has 2 aromatic heterocycles. The standard InChI is InChI=1S/C18H17ClN4O/c19-15-5-3-13(4-6-15)2-1-9-21-18-22-16(12-17(24)23-18)14-7-10-20-11-8-14/h3-8,10-12H,1-2,9H2,(H2,21,22,23,24). The van der Waals surface area contributed by atoms with Gasteiger partial charge in [0.15, 0.2) is 0 Å². The molecule has 3 aromatic rings. The zero-order valence-electron chi connectivity index (χ0n) is 13.0. The molecule has 3 rings (SSSR count). The minimum Gasteiger partial charge on any atom is -0.356 e. The fourth-order valence-corrected chi connectivity index (χ4v) is 2.49. The second-order valence-corrected chi connectivity index (χ2v) is 5.81. The minimum absolute atomic E-state index is 0.183. The summed E-state index contributed by atoms with van der Waals surface area (Å²) < 4.78 is 0. The van der Waals surface area contributed by atoms with E-state index in [1.165, 1.54) is 11.6 Å². The van der Waals surface area contributed by atoms with Crippen LogP contribution in [-0.2, 0) is 6.42 Å². The first kappa shape index (κ1) is 16.2. The molecule has 122 valence electrons. The molecule has 0 fully saturated rings. The summed E-state index contributed by atoms with van der Waals surface area (Å²) >= 11 is 5.87. The van der Waals surface area contributed by atoms with Gasteiger partial charge in [-0.25, -0.2) is 4.98 Å². The van der Waals surface area contributed by atoms with Crippen LogP contribution in [0.5, 0.6) is 0 Å². The maximum absolute atomic E-state index is 11.8. The number of aryl methyl sites for hydroxylation is 1. The number of aromatic amines is 1. The SMILES string of the molecule is O=c1cc(-c2ccncc2)nc(NCCCc2ccc(Cl)cc2)[nH]1. The molecule has 0 atom stereocenters. The first-order valence-electron chi connectivity index (χ1n) is 7.71. The van der Waals surface area contributed by atoms with Crippen molar-refractivity contribution in [1.82, 2.24) is 15.0 Å². The molecule has 1 aromatic carbocycles. The third-order valence-electron chi connectivity index (χ3n) is 3.57. The van der Waals surface area contributed by atoms with E-state index in [4.69, 9.17) is 11.6 Å². The Balaban J connectivity index is 1.60. The van der Waals surface area contributed by atoms with Gasteiger partial charge in [0.1, 0.15) is 0 Å². The van der Waals surface area contributed by atoms with Crippen LogP contribution in [0.2, 0.25) is 5.02 Å². The zero-order chi connectivity index (χ0) is 16.8. The van der Waals surface area contributed by atoms with E-state index in [0.717, 1.165) is 23.4 Å². The van der Waals surface area contributed by atoms with Gasteiger partial charge in [0.25, 0.3) is 5.56 Å². The molecule has 2 N–H and O–H groups in total. The van der Waals surface area contributed by atoms with Crippen LogP contribution in [0.1, 0.15) is 12.0 Å². The molecule has 0 spiro atoms. The van der Waals surface area contributed by atoms with Gasteiger partial charge in [0, 0.05) is 35.6 Å². The number of benzene rings is 1. The van der Waals surface area contributed by atoms with E-state index in [-0.39, 0.29) is 5.56 Å². The number of halogens is 1. The van der Waals surface area contributed by atoms with E-state index >= 15 is 0 Å². The molecule has 0 saturated heterocycles. The summed E-state index contributed by atoms with van der Waals surface area (Å²) in [7, 11) is 0. The molecule has 6 heteroatoms. The van der Waals surface area contributed by atoms with Gasteiger partial charge in [-0.05, 0) is 42.7 Å².